The summed E-state index contributed by atoms with van der Waals surface area (Å²) in [6.45, 7) is 1.21. The lowest BCUT2D eigenvalue weighted by Crippen LogP contribution is -2.41. The van der Waals surface area contributed by atoms with Gasteiger partial charge in [0.2, 0.25) is 5.91 Å². The quantitative estimate of drug-likeness (QED) is 0.358. The van der Waals surface area contributed by atoms with Gasteiger partial charge in [0, 0.05) is 13.0 Å². The number of aliphatic carboxylic acids is 1. The highest BCUT2D eigenvalue weighted by molar-refractivity contribution is 5.79. The molecule has 0 fully saturated rings. The van der Waals surface area contributed by atoms with Crippen LogP contribution in [-0.2, 0) is 20.9 Å². The minimum absolute atomic E-state index is 0.00517. The zero-order chi connectivity index (χ0) is 20.6. The number of carboxylic acid groups (broad SMARTS) is 1. The van der Waals surface area contributed by atoms with Crippen molar-refractivity contribution in [2.45, 2.75) is 57.6 Å². The van der Waals surface area contributed by atoms with Crippen LogP contribution in [0.25, 0.3) is 0 Å². The van der Waals surface area contributed by atoms with E-state index in [9.17, 15) is 19.5 Å². The van der Waals surface area contributed by atoms with Gasteiger partial charge in [-0.3, -0.25) is 4.79 Å². The molecule has 1 aromatic rings. The number of ether oxygens (including phenoxy) is 1. The number of nitrogens with two attached hydrogens (primary N) is 1. The van der Waals surface area contributed by atoms with E-state index in [0.717, 1.165) is 24.8 Å². The Morgan fingerprint density at radius 1 is 1.04 bits per heavy atom. The van der Waals surface area contributed by atoms with Crippen molar-refractivity contribution in [3.05, 3.63) is 35.9 Å². The average Bonchev–Trinajstić information content (AvgIpc) is 2.69. The van der Waals surface area contributed by atoms with Crippen LogP contribution in [0.2, 0.25) is 0 Å². The van der Waals surface area contributed by atoms with E-state index >= 15 is 0 Å². The Labute approximate surface area is 165 Å². The van der Waals surface area contributed by atoms with Gasteiger partial charge in [0.1, 0.15) is 12.6 Å². The molecule has 0 saturated heterocycles. The topological polar surface area (TPSA) is 131 Å². The van der Waals surface area contributed by atoms with Crippen molar-refractivity contribution in [3.63, 3.8) is 0 Å². The highest BCUT2D eigenvalue weighted by atomic mass is 16.5. The molecule has 0 saturated carbocycles. The number of unbranched alkanes of at least 4 members (excludes halogenated alkanes) is 3. The minimum Gasteiger partial charge on any atom is -0.480 e. The largest absolute Gasteiger partial charge is 0.480 e. The Morgan fingerprint density at radius 2 is 1.79 bits per heavy atom. The van der Waals surface area contributed by atoms with Crippen LogP contribution in [-0.4, -0.2) is 42.2 Å². The first kappa shape index (κ1) is 23.4. The van der Waals surface area contributed by atoms with E-state index in [-0.39, 0.29) is 18.9 Å². The molecule has 0 heterocycles. The highest BCUT2D eigenvalue weighted by Crippen LogP contribution is 2.04. The van der Waals surface area contributed by atoms with Gasteiger partial charge in [-0.15, -0.1) is 0 Å². The Morgan fingerprint density at radius 3 is 2.46 bits per heavy atom. The van der Waals surface area contributed by atoms with Crippen molar-refractivity contribution in [1.82, 2.24) is 10.6 Å². The predicted molar refractivity (Wildman–Crippen MR) is 106 cm³/mol. The molecule has 1 rings (SSSR count). The molecule has 2 amide bonds. The number of carboxylic acids is 1. The number of hydrogen-bond acceptors (Lipinski definition) is 5. The molecule has 0 aromatic heterocycles. The zero-order valence-corrected chi connectivity index (χ0v) is 16.2. The fourth-order valence-electron chi connectivity index (χ4n) is 2.56. The van der Waals surface area contributed by atoms with Crippen molar-refractivity contribution < 1.29 is 24.2 Å². The van der Waals surface area contributed by atoms with Gasteiger partial charge in [-0.2, -0.15) is 0 Å². The molecule has 0 bridgehead atoms. The number of nitrogens with one attached hydrogen (secondary N) is 2. The van der Waals surface area contributed by atoms with Gasteiger partial charge in [-0.1, -0.05) is 36.8 Å². The number of carbonyl (C=O) groups excluding carboxylic acids is 2. The Bertz CT molecular complexity index is 595. The predicted octanol–water partition coefficient (Wildman–Crippen LogP) is 2.17. The fraction of sp³-hybridized carbons (Fsp3) is 0.550. The smallest absolute Gasteiger partial charge is 0.408 e. The summed E-state index contributed by atoms with van der Waals surface area (Å²) >= 11 is 0. The average molecular weight is 393 g/mol. The number of carbonyl (C=O) groups is 3. The lowest BCUT2D eigenvalue weighted by atomic mass is 10.1. The maximum atomic E-state index is 11.8. The summed E-state index contributed by atoms with van der Waals surface area (Å²) in [5.74, 6) is -1.12. The third-order valence-electron chi connectivity index (χ3n) is 4.15. The molecule has 8 heteroatoms. The van der Waals surface area contributed by atoms with E-state index in [2.05, 4.69) is 10.6 Å². The molecule has 0 aliphatic carbocycles. The molecule has 1 aromatic carbocycles. The number of amides is 2. The summed E-state index contributed by atoms with van der Waals surface area (Å²) in [7, 11) is 0. The molecule has 0 aliphatic heterocycles. The van der Waals surface area contributed by atoms with Crippen LogP contribution in [0.3, 0.4) is 0 Å². The normalized spacial score (nSPS) is 11.5. The number of rotatable bonds is 14. The van der Waals surface area contributed by atoms with Gasteiger partial charge in [0.15, 0.2) is 0 Å². The van der Waals surface area contributed by atoms with Gasteiger partial charge in [-0.25, -0.2) is 9.59 Å². The van der Waals surface area contributed by atoms with Crippen molar-refractivity contribution >= 4 is 18.0 Å². The van der Waals surface area contributed by atoms with Gasteiger partial charge in [0.25, 0.3) is 0 Å². The second-order valence-electron chi connectivity index (χ2n) is 6.54. The van der Waals surface area contributed by atoms with Crippen molar-refractivity contribution in [2.75, 3.05) is 13.1 Å². The van der Waals surface area contributed by atoms with E-state index in [1.165, 1.54) is 0 Å². The van der Waals surface area contributed by atoms with Gasteiger partial charge >= 0.3 is 12.1 Å². The van der Waals surface area contributed by atoms with Gasteiger partial charge in [-0.05, 0) is 44.2 Å². The van der Waals surface area contributed by atoms with E-state index in [0.29, 0.717) is 32.4 Å². The van der Waals surface area contributed by atoms with Crippen molar-refractivity contribution in [2.24, 2.45) is 5.73 Å². The molecule has 156 valence electrons. The van der Waals surface area contributed by atoms with E-state index < -0.39 is 18.1 Å². The van der Waals surface area contributed by atoms with Crippen molar-refractivity contribution in [1.29, 1.82) is 0 Å². The van der Waals surface area contributed by atoms with Gasteiger partial charge in [0.05, 0.1) is 0 Å². The highest BCUT2D eigenvalue weighted by Gasteiger charge is 2.20. The Hall–Kier alpha value is -2.61. The molecule has 8 nitrogen and oxygen atoms in total. The Kier molecular flexibility index (Phi) is 12.1. The van der Waals surface area contributed by atoms with Crippen LogP contribution in [0.4, 0.5) is 4.79 Å². The molecule has 1 atom stereocenters. The van der Waals surface area contributed by atoms with Crippen LogP contribution in [0, 0.1) is 0 Å². The molecule has 0 aliphatic rings. The van der Waals surface area contributed by atoms with Crippen LogP contribution < -0.4 is 16.4 Å². The monoisotopic (exact) mass is 393 g/mol. The van der Waals surface area contributed by atoms with Crippen LogP contribution in [0.15, 0.2) is 30.3 Å². The molecule has 5 N–H and O–H groups in total. The van der Waals surface area contributed by atoms with Gasteiger partial charge < -0.3 is 26.2 Å². The second-order valence-corrected chi connectivity index (χ2v) is 6.54. The maximum Gasteiger partial charge on any atom is 0.408 e. The Balaban J connectivity index is 2.17. The molecule has 0 spiro atoms. The lowest BCUT2D eigenvalue weighted by Gasteiger charge is -2.14. The van der Waals surface area contributed by atoms with Crippen molar-refractivity contribution in [3.8, 4) is 0 Å². The summed E-state index contributed by atoms with van der Waals surface area (Å²) in [5.41, 5.74) is 6.22. The molecular formula is C20H31N3O5. The minimum atomic E-state index is -1.11. The summed E-state index contributed by atoms with van der Waals surface area (Å²) in [4.78, 5) is 34.7. The third-order valence-corrected chi connectivity index (χ3v) is 4.15. The SMILES string of the molecule is NCCCCCC(=O)NCCCCC(NC(=O)OCc1ccccc1)C(=O)O. The van der Waals surface area contributed by atoms with E-state index in [4.69, 9.17) is 10.5 Å². The molecule has 0 radical (unpaired) electrons. The number of benzene rings is 1. The summed E-state index contributed by atoms with van der Waals surface area (Å²) in [5, 5.41) is 14.4. The van der Waals surface area contributed by atoms with Crippen LogP contribution in [0.1, 0.15) is 50.5 Å². The van der Waals surface area contributed by atoms with Crippen LogP contribution in [0.5, 0.6) is 0 Å². The standard InChI is InChI=1S/C20H31N3O5/c21-13-7-2-5-12-18(24)22-14-8-6-11-17(19(25)26)23-20(27)28-15-16-9-3-1-4-10-16/h1,3-4,9-10,17H,2,5-8,11-15,21H2,(H,22,24)(H,23,27)(H,25,26). The first-order valence-electron chi connectivity index (χ1n) is 9.69. The van der Waals surface area contributed by atoms with E-state index in [1.54, 1.807) is 0 Å². The number of hydrogen-bond donors (Lipinski definition) is 4. The molecular weight excluding hydrogens is 362 g/mol. The number of alkyl carbamates (subject to hydrolysis) is 1. The summed E-state index contributed by atoms with van der Waals surface area (Å²) in [6, 6.07) is 8.12. The fourth-order valence-corrected chi connectivity index (χ4v) is 2.56. The maximum absolute atomic E-state index is 11.8. The zero-order valence-electron chi connectivity index (χ0n) is 16.2. The lowest BCUT2D eigenvalue weighted by molar-refractivity contribution is -0.139. The van der Waals surface area contributed by atoms with E-state index in [1.807, 2.05) is 30.3 Å². The molecule has 1 unspecified atom stereocenters. The summed E-state index contributed by atoms with van der Waals surface area (Å²) in [6.07, 6.45) is 3.86. The third kappa shape index (κ3) is 11.2. The first-order valence-corrected chi connectivity index (χ1v) is 9.69. The first-order chi connectivity index (χ1) is 13.5. The molecule has 28 heavy (non-hydrogen) atoms. The second kappa shape index (κ2) is 14.4. The summed E-state index contributed by atoms with van der Waals surface area (Å²) < 4.78 is 5.04. The van der Waals surface area contributed by atoms with Crippen LogP contribution >= 0.6 is 0 Å².